The molecule has 13 heavy (non-hydrogen) atoms. The molecule has 0 saturated heterocycles. The van der Waals surface area contributed by atoms with E-state index in [9.17, 15) is 0 Å². The molecule has 0 fully saturated rings. The molecule has 4 heteroatoms. The predicted molar refractivity (Wildman–Crippen MR) is 48.5 cm³/mol. The fourth-order valence-electron chi connectivity index (χ4n) is 1.15. The summed E-state index contributed by atoms with van der Waals surface area (Å²) < 4.78 is 0. The van der Waals surface area contributed by atoms with E-state index in [2.05, 4.69) is 14.8 Å². The third-order valence-corrected chi connectivity index (χ3v) is 1.73. The van der Waals surface area contributed by atoms with Crippen LogP contribution in [0.5, 0.6) is 0 Å². The van der Waals surface area contributed by atoms with Gasteiger partial charge in [0.25, 0.3) is 0 Å². The van der Waals surface area contributed by atoms with Crippen LogP contribution in [0.2, 0.25) is 0 Å². The SMILES string of the molecule is NOCc1cnc2ccccc2n1. The minimum Gasteiger partial charge on any atom is -0.298 e. The molecule has 0 unspecified atom stereocenters. The third kappa shape index (κ3) is 1.63. The van der Waals surface area contributed by atoms with Crippen molar-refractivity contribution in [2.75, 3.05) is 0 Å². The van der Waals surface area contributed by atoms with Gasteiger partial charge in [-0.15, -0.1) is 0 Å². The molecule has 0 bridgehead atoms. The van der Waals surface area contributed by atoms with E-state index >= 15 is 0 Å². The number of nitrogens with zero attached hydrogens (tertiary/aromatic N) is 2. The number of fused-ring (bicyclic) bond motifs is 1. The van der Waals surface area contributed by atoms with Crippen molar-refractivity contribution in [3.63, 3.8) is 0 Å². The number of hydrogen-bond acceptors (Lipinski definition) is 4. The Morgan fingerprint density at radius 3 is 2.77 bits per heavy atom. The molecule has 2 N–H and O–H groups in total. The maximum absolute atomic E-state index is 4.94. The fourth-order valence-corrected chi connectivity index (χ4v) is 1.15. The van der Waals surface area contributed by atoms with E-state index in [1.165, 1.54) is 0 Å². The van der Waals surface area contributed by atoms with Crippen molar-refractivity contribution >= 4 is 11.0 Å². The average Bonchev–Trinajstić information content (AvgIpc) is 2.18. The molecule has 1 heterocycles. The maximum atomic E-state index is 4.94. The lowest BCUT2D eigenvalue weighted by atomic mass is 10.3. The van der Waals surface area contributed by atoms with Gasteiger partial charge in [-0.3, -0.25) is 9.82 Å². The first kappa shape index (κ1) is 8.10. The highest BCUT2D eigenvalue weighted by atomic mass is 16.6. The molecule has 0 atom stereocenters. The van der Waals surface area contributed by atoms with E-state index in [-0.39, 0.29) is 6.61 Å². The molecular weight excluding hydrogens is 166 g/mol. The first-order valence-corrected chi connectivity index (χ1v) is 3.92. The summed E-state index contributed by atoms with van der Waals surface area (Å²) in [7, 11) is 0. The largest absolute Gasteiger partial charge is 0.298 e. The zero-order valence-corrected chi connectivity index (χ0v) is 6.97. The summed E-state index contributed by atoms with van der Waals surface area (Å²) in [5, 5.41) is 0. The molecule has 0 aliphatic carbocycles. The van der Waals surface area contributed by atoms with Gasteiger partial charge in [0.05, 0.1) is 22.9 Å². The highest BCUT2D eigenvalue weighted by Gasteiger charge is 1.97. The second-order valence-corrected chi connectivity index (χ2v) is 2.66. The van der Waals surface area contributed by atoms with Crippen molar-refractivity contribution in [2.24, 2.45) is 5.90 Å². The Bertz CT molecular complexity index is 416. The second-order valence-electron chi connectivity index (χ2n) is 2.66. The topological polar surface area (TPSA) is 61.0 Å². The van der Waals surface area contributed by atoms with E-state index in [1.807, 2.05) is 24.3 Å². The van der Waals surface area contributed by atoms with Gasteiger partial charge in [-0.1, -0.05) is 12.1 Å². The Morgan fingerprint density at radius 2 is 2.00 bits per heavy atom. The highest BCUT2D eigenvalue weighted by Crippen LogP contribution is 2.08. The number of nitrogens with two attached hydrogens (primary N) is 1. The molecule has 1 aromatic carbocycles. The molecule has 0 aliphatic rings. The van der Waals surface area contributed by atoms with Crippen LogP contribution in [0.1, 0.15) is 5.69 Å². The molecule has 0 spiro atoms. The van der Waals surface area contributed by atoms with Gasteiger partial charge in [0.1, 0.15) is 6.61 Å². The highest BCUT2D eigenvalue weighted by molar-refractivity contribution is 5.73. The standard InChI is InChI=1S/C9H9N3O/c10-13-6-7-5-11-8-3-1-2-4-9(8)12-7/h1-5H,6,10H2. The fraction of sp³-hybridized carbons (Fsp3) is 0.111. The van der Waals surface area contributed by atoms with E-state index in [1.54, 1.807) is 6.20 Å². The van der Waals surface area contributed by atoms with E-state index in [0.29, 0.717) is 0 Å². The molecule has 1 aromatic heterocycles. The minimum absolute atomic E-state index is 0.290. The quantitative estimate of drug-likeness (QED) is 0.692. The Hall–Kier alpha value is -1.52. The Kier molecular flexibility index (Phi) is 2.16. The van der Waals surface area contributed by atoms with Crippen LogP contribution in [0.15, 0.2) is 30.5 Å². The smallest absolute Gasteiger partial charge is 0.112 e. The van der Waals surface area contributed by atoms with Gasteiger partial charge < -0.3 is 0 Å². The first-order valence-electron chi connectivity index (χ1n) is 3.92. The van der Waals surface area contributed by atoms with Crippen LogP contribution in [-0.4, -0.2) is 9.97 Å². The van der Waals surface area contributed by atoms with Crippen molar-refractivity contribution in [2.45, 2.75) is 6.61 Å². The van der Waals surface area contributed by atoms with Crippen LogP contribution in [0.25, 0.3) is 11.0 Å². The van der Waals surface area contributed by atoms with Crippen molar-refractivity contribution in [1.82, 2.24) is 9.97 Å². The molecule has 66 valence electrons. The van der Waals surface area contributed by atoms with Crippen LogP contribution < -0.4 is 5.90 Å². The van der Waals surface area contributed by atoms with Gasteiger partial charge in [0.15, 0.2) is 0 Å². The Balaban J connectivity index is 2.49. The molecule has 0 amide bonds. The van der Waals surface area contributed by atoms with E-state index < -0.39 is 0 Å². The molecular formula is C9H9N3O. The number of benzene rings is 1. The zero-order chi connectivity index (χ0) is 9.10. The minimum atomic E-state index is 0.290. The lowest BCUT2D eigenvalue weighted by Crippen LogP contribution is -2.01. The predicted octanol–water partition coefficient (Wildman–Crippen LogP) is 1.02. The van der Waals surface area contributed by atoms with Crippen LogP contribution in [0.3, 0.4) is 0 Å². The van der Waals surface area contributed by atoms with E-state index in [0.717, 1.165) is 16.7 Å². The van der Waals surface area contributed by atoms with Crippen molar-refractivity contribution in [1.29, 1.82) is 0 Å². The van der Waals surface area contributed by atoms with Crippen molar-refractivity contribution in [3.05, 3.63) is 36.2 Å². The number of aromatic nitrogens is 2. The summed E-state index contributed by atoms with van der Waals surface area (Å²) in [4.78, 5) is 13.0. The molecule has 0 saturated carbocycles. The lowest BCUT2D eigenvalue weighted by molar-refractivity contribution is 0.121. The first-order chi connectivity index (χ1) is 6.40. The van der Waals surface area contributed by atoms with E-state index in [4.69, 9.17) is 5.90 Å². The van der Waals surface area contributed by atoms with Gasteiger partial charge in [-0.2, -0.15) is 0 Å². The zero-order valence-electron chi connectivity index (χ0n) is 6.97. The van der Waals surface area contributed by atoms with Gasteiger partial charge in [-0.25, -0.2) is 10.9 Å². The number of rotatable bonds is 2. The summed E-state index contributed by atoms with van der Waals surface area (Å²) in [6.07, 6.45) is 1.66. The van der Waals surface area contributed by atoms with Crippen LogP contribution in [0.4, 0.5) is 0 Å². The monoisotopic (exact) mass is 175 g/mol. The molecule has 4 nitrogen and oxygen atoms in total. The summed E-state index contributed by atoms with van der Waals surface area (Å²) >= 11 is 0. The second kappa shape index (κ2) is 3.47. The van der Waals surface area contributed by atoms with Gasteiger partial charge in [-0.05, 0) is 12.1 Å². The third-order valence-electron chi connectivity index (χ3n) is 1.73. The molecule has 2 rings (SSSR count). The van der Waals surface area contributed by atoms with Crippen molar-refractivity contribution in [3.8, 4) is 0 Å². The van der Waals surface area contributed by atoms with Gasteiger partial charge in [0.2, 0.25) is 0 Å². The van der Waals surface area contributed by atoms with Gasteiger partial charge >= 0.3 is 0 Å². The Morgan fingerprint density at radius 1 is 1.23 bits per heavy atom. The molecule has 2 aromatic rings. The molecule has 0 radical (unpaired) electrons. The van der Waals surface area contributed by atoms with Crippen LogP contribution in [0, 0.1) is 0 Å². The molecule has 0 aliphatic heterocycles. The number of hydrogen-bond donors (Lipinski definition) is 1. The summed E-state index contributed by atoms with van der Waals surface area (Å²) in [5.41, 5.74) is 2.47. The van der Waals surface area contributed by atoms with Crippen molar-refractivity contribution < 1.29 is 4.84 Å². The normalized spacial score (nSPS) is 10.5. The summed E-state index contributed by atoms with van der Waals surface area (Å²) in [5.74, 6) is 4.94. The summed E-state index contributed by atoms with van der Waals surface area (Å²) in [6.45, 7) is 0.290. The maximum Gasteiger partial charge on any atom is 0.112 e. The van der Waals surface area contributed by atoms with Gasteiger partial charge in [0, 0.05) is 0 Å². The average molecular weight is 175 g/mol. The number of para-hydroxylation sites is 2. The lowest BCUT2D eigenvalue weighted by Gasteiger charge is -1.99. The van der Waals surface area contributed by atoms with Crippen LogP contribution in [-0.2, 0) is 11.4 Å². The Labute approximate surface area is 75.3 Å². The summed E-state index contributed by atoms with van der Waals surface area (Å²) in [6, 6.07) is 7.66. The van der Waals surface area contributed by atoms with Crippen LogP contribution >= 0.6 is 0 Å².